The van der Waals surface area contributed by atoms with Gasteiger partial charge in [-0.25, -0.2) is 4.79 Å². The highest BCUT2D eigenvalue weighted by atomic mass is 16.5. The number of fused-ring (bicyclic) bond motifs is 1. The van der Waals surface area contributed by atoms with Crippen LogP contribution in [0.4, 0.5) is 10.5 Å². The Morgan fingerprint density at radius 1 is 1.42 bits per heavy atom. The van der Waals surface area contributed by atoms with Crippen molar-refractivity contribution in [2.45, 2.75) is 18.9 Å². The number of ether oxygens (including phenoxy) is 1. The predicted octanol–water partition coefficient (Wildman–Crippen LogP) is 2.47. The zero-order valence-corrected chi connectivity index (χ0v) is 14.0. The summed E-state index contributed by atoms with van der Waals surface area (Å²) in [5.74, 6) is 0. The van der Waals surface area contributed by atoms with Crippen molar-refractivity contribution >= 4 is 22.5 Å². The normalized spacial score (nSPS) is 18.0. The number of nitrogens with one attached hydrogen (secondary N) is 2. The molecule has 0 bridgehead atoms. The fourth-order valence-corrected chi connectivity index (χ4v) is 3.24. The molecule has 1 atom stereocenters. The molecule has 0 radical (unpaired) electrons. The molecular formula is C18H24N4O2. The Balaban J connectivity index is 1.55. The van der Waals surface area contributed by atoms with E-state index in [4.69, 9.17) is 4.74 Å². The smallest absolute Gasteiger partial charge is 0.319 e. The fourth-order valence-electron chi connectivity index (χ4n) is 3.24. The van der Waals surface area contributed by atoms with Crippen LogP contribution in [0.1, 0.15) is 12.8 Å². The lowest BCUT2D eigenvalue weighted by molar-refractivity contribution is 0.140. The Labute approximate surface area is 142 Å². The second-order valence-corrected chi connectivity index (χ2v) is 6.06. The molecule has 1 fully saturated rings. The molecule has 1 aromatic carbocycles. The quantitative estimate of drug-likeness (QED) is 0.855. The third-order valence-corrected chi connectivity index (χ3v) is 4.51. The standard InChI is InChI=1S/C18H24N4O2/c1-24-11-10-22-9-3-5-15(22)13-20-18(23)21-17-6-2-4-14-12-19-8-7-16(14)17/h2,4,6-8,12,15H,3,5,9-11,13H2,1H3,(H2,20,21,23)/t15-/m0/s1. The molecule has 0 spiro atoms. The van der Waals surface area contributed by atoms with E-state index in [1.165, 1.54) is 6.42 Å². The van der Waals surface area contributed by atoms with Crippen LogP contribution in [0.5, 0.6) is 0 Å². The van der Waals surface area contributed by atoms with Crippen molar-refractivity contribution in [3.8, 4) is 0 Å². The monoisotopic (exact) mass is 328 g/mol. The van der Waals surface area contributed by atoms with E-state index in [0.717, 1.165) is 42.6 Å². The van der Waals surface area contributed by atoms with Crippen LogP contribution in [0.3, 0.4) is 0 Å². The van der Waals surface area contributed by atoms with E-state index in [1.807, 2.05) is 24.3 Å². The molecule has 128 valence electrons. The molecule has 3 rings (SSSR count). The molecule has 2 N–H and O–H groups in total. The zero-order valence-electron chi connectivity index (χ0n) is 14.0. The molecule has 1 saturated heterocycles. The molecule has 1 aliphatic heterocycles. The van der Waals surface area contributed by atoms with E-state index >= 15 is 0 Å². The van der Waals surface area contributed by atoms with E-state index in [0.29, 0.717) is 12.6 Å². The number of anilines is 1. The van der Waals surface area contributed by atoms with Gasteiger partial charge in [-0.05, 0) is 31.5 Å². The van der Waals surface area contributed by atoms with Gasteiger partial charge in [0.15, 0.2) is 0 Å². The number of amides is 2. The number of nitrogens with zero attached hydrogens (tertiary/aromatic N) is 2. The number of aromatic nitrogens is 1. The minimum atomic E-state index is -0.169. The average molecular weight is 328 g/mol. The summed E-state index contributed by atoms with van der Waals surface area (Å²) in [6.07, 6.45) is 5.82. The summed E-state index contributed by atoms with van der Waals surface area (Å²) in [7, 11) is 1.72. The van der Waals surface area contributed by atoms with E-state index < -0.39 is 0 Å². The van der Waals surface area contributed by atoms with Gasteiger partial charge in [0.2, 0.25) is 0 Å². The summed E-state index contributed by atoms with van der Waals surface area (Å²) in [5.41, 5.74) is 0.801. The summed E-state index contributed by atoms with van der Waals surface area (Å²) < 4.78 is 5.15. The van der Waals surface area contributed by atoms with Gasteiger partial charge in [0.1, 0.15) is 0 Å². The number of likely N-dealkylation sites (tertiary alicyclic amines) is 1. The predicted molar refractivity (Wildman–Crippen MR) is 95.2 cm³/mol. The summed E-state index contributed by atoms with van der Waals surface area (Å²) in [4.78, 5) is 18.7. The number of benzene rings is 1. The third kappa shape index (κ3) is 4.01. The average Bonchev–Trinajstić information content (AvgIpc) is 3.06. The summed E-state index contributed by atoms with van der Waals surface area (Å²) in [5, 5.41) is 7.94. The van der Waals surface area contributed by atoms with Crippen LogP contribution >= 0.6 is 0 Å². The topological polar surface area (TPSA) is 66.5 Å². The molecule has 1 aliphatic rings. The third-order valence-electron chi connectivity index (χ3n) is 4.51. The summed E-state index contributed by atoms with van der Waals surface area (Å²) in [6, 6.07) is 7.94. The highest BCUT2D eigenvalue weighted by molar-refractivity contribution is 6.01. The molecule has 0 saturated carbocycles. The van der Waals surface area contributed by atoms with Crippen LogP contribution in [0.25, 0.3) is 10.8 Å². The van der Waals surface area contributed by atoms with Gasteiger partial charge >= 0.3 is 6.03 Å². The molecule has 0 aliphatic carbocycles. The van der Waals surface area contributed by atoms with Gasteiger partial charge in [0.05, 0.1) is 12.3 Å². The van der Waals surface area contributed by atoms with E-state index in [1.54, 1.807) is 19.5 Å². The van der Waals surface area contributed by atoms with Crippen molar-refractivity contribution < 1.29 is 9.53 Å². The van der Waals surface area contributed by atoms with Crippen LogP contribution in [0, 0.1) is 0 Å². The molecule has 2 aromatic rings. The SMILES string of the molecule is COCCN1CCC[C@H]1CNC(=O)Nc1cccc2cnccc12. The number of carbonyl (C=O) groups is 1. The van der Waals surface area contributed by atoms with Gasteiger partial charge in [-0.15, -0.1) is 0 Å². The van der Waals surface area contributed by atoms with Crippen molar-refractivity contribution in [3.63, 3.8) is 0 Å². The highest BCUT2D eigenvalue weighted by Gasteiger charge is 2.24. The minimum absolute atomic E-state index is 0.169. The summed E-state index contributed by atoms with van der Waals surface area (Å²) >= 11 is 0. The first-order valence-electron chi connectivity index (χ1n) is 8.38. The van der Waals surface area contributed by atoms with Crippen LogP contribution in [-0.2, 0) is 4.74 Å². The van der Waals surface area contributed by atoms with Gasteiger partial charge in [-0.1, -0.05) is 12.1 Å². The Morgan fingerprint density at radius 2 is 2.33 bits per heavy atom. The lowest BCUT2D eigenvalue weighted by Crippen LogP contribution is -2.42. The maximum atomic E-state index is 12.3. The van der Waals surface area contributed by atoms with Gasteiger partial charge in [-0.2, -0.15) is 0 Å². The van der Waals surface area contributed by atoms with Crippen molar-refractivity contribution in [1.82, 2.24) is 15.2 Å². The first-order chi connectivity index (χ1) is 11.8. The van der Waals surface area contributed by atoms with Crippen molar-refractivity contribution in [3.05, 3.63) is 36.7 Å². The van der Waals surface area contributed by atoms with Crippen LogP contribution < -0.4 is 10.6 Å². The van der Waals surface area contributed by atoms with Gasteiger partial charge in [-0.3, -0.25) is 9.88 Å². The first kappa shape index (κ1) is 16.7. The molecule has 0 unspecified atom stereocenters. The van der Waals surface area contributed by atoms with Crippen molar-refractivity contribution in [2.75, 3.05) is 38.7 Å². The lowest BCUT2D eigenvalue weighted by Gasteiger charge is -2.24. The van der Waals surface area contributed by atoms with Gasteiger partial charge < -0.3 is 15.4 Å². The Bertz CT molecular complexity index is 686. The van der Waals surface area contributed by atoms with Crippen molar-refractivity contribution in [2.24, 2.45) is 0 Å². The molecule has 2 amide bonds. The molecule has 6 nitrogen and oxygen atoms in total. The molecular weight excluding hydrogens is 304 g/mol. The second kappa shape index (κ2) is 8.08. The van der Waals surface area contributed by atoms with Gasteiger partial charge in [0, 0.05) is 49.4 Å². The molecule has 1 aromatic heterocycles. The maximum Gasteiger partial charge on any atom is 0.319 e. The first-order valence-corrected chi connectivity index (χ1v) is 8.38. The number of hydrogen-bond donors (Lipinski definition) is 2. The molecule has 6 heteroatoms. The van der Waals surface area contributed by atoms with Crippen molar-refractivity contribution in [1.29, 1.82) is 0 Å². The minimum Gasteiger partial charge on any atom is -0.383 e. The lowest BCUT2D eigenvalue weighted by atomic mass is 10.1. The number of carbonyl (C=O) groups excluding carboxylic acids is 1. The fraction of sp³-hybridized carbons (Fsp3) is 0.444. The number of hydrogen-bond acceptors (Lipinski definition) is 4. The molecule has 24 heavy (non-hydrogen) atoms. The number of methoxy groups -OCH3 is 1. The van der Waals surface area contributed by atoms with E-state index in [-0.39, 0.29) is 6.03 Å². The van der Waals surface area contributed by atoms with E-state index in [2.05, 4.69) is 20.5 Å². The number of rotatable bonds is 6. The van der Waals surface area contributed by atoms with Gasteiger partial charge in [0.25, 0.3) is 0 Å². The molecule has 2 heterocycles. The van der Waals surface area contributed by atoms with Crippen LogP contribution in [0.15, 0.2) is 36.7 Å². The summed E-state index contributed by atoms with van der Waals surface area (Å²) in [6.45, 7) is 3.38. The van der Waals surface area contributed by atoms with Crippen LogP contribution in [0.2, 0.25) is 0 Å². The highest BCUT2D eigenvalue weighted by Crippen LogP contribution is 2.22. The zero-order chi connectivity index (χ0) is 16.8. The number of urea groups is 1. The maximum absolute atomic E-state index is 12.3. The largest absolute Gasteiger partial charge is 0.383 e. The number of pyridine rings is 1. The Kier molecular flexibility index (Phi) is 5.61. The van der Waals surface area contributed by atoms with Crippen LogP contribution in [-0.4, -0.2) is 55.3 Å². The van der Waals surface area contributed by atoms with E-state index in [9.17, 15) is 4.79 Å². The Hall–Kier alpha value is -2.18. The second-order valence-electron chi connectivity index (χ2n) is 6.06. The Morgan fingerprint density at radius 3 is 3.21 bits per heavy atom.